The van der Waals surface area contributed by atoms with E-state index in [1.54, 1.807) is 11.1 Å². The van der Waals surface area contributed by atoms with Crippen LogP contribution in [0, 0.1) is 0 Å². The third-order valence-electron chi connectivity index (χ3n) is 2.82. The fourth-order valence-electron chi connectivity index (χ4n) is 1.98. The van der Waals surface area contributed by atoms with Crippen LogP contribution in [0.1, 0.15) is 30.5 Å². The second-order valence-corrected chi connectivity index (χ2v) is 5.91. The van der Waals surface area contributed by atoms with E-state index in [-0.39, 0.29) is 0 Å². The normalized spacial score (nSPS) is 15.4. The molecule has 1 aliphatic rings. The zero-order valence-electron chi connectivity index (χ0n) is 9.55. The van der Waals surface area contributed by atoms with Gasteiger partial charge in [0.15, 0.2) is 0 Å². The highest BCUT2D eigenvalue weighted by atomic mass is 32.2. The van der Waals surface area contributed by atoms with Gasteiger partial charge >= 0.3 is 0 Å². The molecule has 1 aromatic rings. The third-order valence-corrected chi connectivity index (χ3v) is 3.96. The van der Waals surface area contributed by atoms with E-state index in [9.17, 15) is 0 Å². The molecule has 0 amide bonds. The predicted molar refractivity (Wildman–Crippen MR) is 68.3 cm³/mol. The summed E-state index contributed by atoms with van der Waals surface area (Å²) in [5.41, 5.74) is 4.63. The van der Waals surface area contributed by atoms with Crippen molar-refractivity contribution in [1.82, 2.24) is 5.32 Å². The van der Waals surface area contributed by atoms with Crippen molar-refractivity contribution in [1.29, 1.82) is 0 Å². The molecule has 0 saturated carbocycles. The van der Waals surface area contributed by atoms with E-state index in [1.165, 1.54) is 12.0 Å². The van der Waals surface area contributed by atoms with Crippen LogP contribution in [-0.2, 0) is 18.7 Å². The van der Waals surface area contributed by atoms with Crippen molar-refractivity contribution in [2.24, 2.45) is 0 Å². The maximum Gasteiger partial charge on any atom is 0.0211 e. The minimum absolute atomic E-state index is 0.720. The quantitative estimate of drug-likeness (QED) is 0.842. The lowest BCUT2D eigenvalue weighted by molar-refractivity contribution is 0.640. The number of thioether (sulfide) groups is 1. The van der Waals surface area contributed by atoms with Gasteiger partial charge in [0.05, 0.1) is 0 Å². The molecule has 0 spiro atoms. The predicted octanol–water partition coefficient (Wildman–Crippen LogP) is 2.97. The minimum atomic E-state index is 0.720. The molecule has 0 aromatic heterocycles. The van der Waals surface area contributed by atoms with Crippen LogP contribution in [-0.4, -0.2) is 11.8 Å². The fraction of sp³-hybridized carbons (Fsp3) is 0.538. The highest BCUT2D eigenvalue weighted by Gasteiger charge is 2.12. The Hall–Kier alpha value is -0.470. The second-order valence-electron chi connectivity index (χ2n) is 4.34. The Bertz CT molecular complexity index is 333. The first-order valence-electron chi connectivity index (χ1n) is 5.69. The fourth-order valence-corrected chi connectivity index (χ4v) is 2.76. The topological polar surface area (TPSA) is 12.0 Å². The summed E-state index contributed by atoms with van der Waals surface area (Å²) in [6, 6.07) is 6.77. The molecule has 1 aromatic carbocycles. The van der Waals surface area contributed by atoms with Crippen molar-refractivity contribution < 1.29 is 0 Å². The van der Waals surface area contributed by atoms with Crippen molar-refractivity contribution >= 4 is 11.8 Å². The summed E-state index contributed by atoms with van der Waals surface area (Å²) in [6.45, 7) is 6.72. The number of benzene rings is 1. The van der Waals surface area contributed by atoms with Crippen LogP contribution >= 0.6 is 11.8 Å². The van der Waals surface area contributed by atoms with Crippen LogP contribution in [0.2, 0.25) is 0 Å². The lowest BCUT2D eigenvalue weighted by atomic mass is 9.97. The molecule has 0 unspecified atom stereocenters. The first-order chi connectivity index (χ1) is 7.27. The van der Waals surface area contributed by atoms with Gasteiger partial charge in [0.25, 0.3) is 0 Å². The molecule has 1 heterocycles. The molecule has 0 atom stereocenters. The Morgan fingerprint density at radius 1 is 1.40 bits per heavy atom. The maximum absolute atomic E-state index is 3.46. The first-order valence-corrected chi connectivity index (χ1v) is 6.74. The Labute approximate surface area is 96.7 Å². The molecular formula is C13H19NS. The first kappa shape index (κ1) is 11.0. The van der Waals surface area contributed by atoms with E-state index in [0.29, 0.717) is 0 Å². The van der Waals surface area contributed by atoms with Crippen molar-refractivity contribution in [3.63, 3.8) is 0 Å². The van der Waals surface area contributed by atoms with Gasteiger partial charge < -0.3 is 5.32 Å². The van der Waals surface area contributed by atoms with Crippen LogP contribution in [0.5, 0.6) is 0 Å². The lowest BCUT2D eigenvalue weighted by Gasteiger charge is -2.20. The van der Waals surface area contributed by atoms with Gasteiger partial charge in [0.1, 0.15) is 0 Å². The summed E-state index contributed by atoms with van der Waals surface area (Å²) in [7, 11) is 0. The number of hydrogen-bond acceptors (Lipinski definition) is 2. The average molecular weight is 221 g/mol. The summed E-state index contributed by atoms with van der Waals surface area (Å²) < 4.78 is 0. The van der Waals surface area contributed by atoms with Crippen LogP contribution in [0.15, 0.2) is 18.2 Å². The molecule has 2 rings (SSSR count). The van der Waals surface area contributed by atoms with Crippen molar-refractivity contribution in [3.05, 3.63) is 34.9 Å². The largest absolute Gasteiger partial charge is 0.312 e. The molecule has 1 N–H and O–H groups in total. The number of hydrogen-bond donors (Lipinski definition) is 1. The standard InChI is InChI=1S/C13H19NS/c1-10(2)15-9-12-5-3-4-11-6-7-14-8-13(11)12/h3-5,10,14H,6-9H2,1-2H3. The van der Waals surface area contributed by atoms with Gasteiger partial charge in [-0.2, -0.15) is 11.8 Å². The number of rotatable bonds is 3. The molecule has 0 bridgehead atoms. The maximum atomic E-state index is 3.46. The van der Waals surface area contributed by atoms with E-state index in [4.69, 9.17) is 0 Å². The third kappa shape index (κ3) is 2.76. The van der Waals surface area contributed by atoms with E-state index in [1.807, 2.05) is 11.8 Å². The monoisotopic (exact) mass is 221 g/mol. The van der Waals surface area contributed by atoms with Crippen molar-refractivity contribution in [2.45, 2.75) is 37.8 Å². The number of nitrogens with one attached hydrogen (secondary N) is 1. The smallest absolute Gasteiger partial charge is 0.0211 e. The van der Waals surface area contributed by atoms with Gasteiger partial charge in [-0.15, -0.1) is 0 Å². The Balaban J connectivity index is 2.16. The molecule has 0 aliphatic carbocycles. The molecule has 15 heavy (non-hydrogen) atoms. The van der Waals surface area contributed by atoms with Gasteiger partial charge in [-0.05, 0) is 34.9 Å². The summed E-state index contributed by atoms with van der Waals surface area (Å²) in [4.78, 5) is 0. The van der Waals surface area contributed by atoms with Gasteiger partial charge in [-0.1, -0.05) is 32.0 Å². The minimum Gasteiger partial charge on any atom is -0.312 e. The van der Waals surface area contributed by atoms with E-state index < -0.39 is 0 Å². The summed E-state index contributed by atoms with van der Waals surface area (Å²) >= 11 is 2.03. The zero-order chi connectivity index (χ0) is 10.7. The molecule has 0 radical (unpaired) electrons. The van der Waals surface area contributed by atoms with Crippen molar-refractivity contribution in [2.75, 3.05) is 6.54 Å². The molecule has 1 nitrogen and oxygen atoms in total. The molecule has 0 saturated heterocycles. The summed E-state index contributed by atoms with van der Waals surface area (Å²) in [5, 5.41) is 4.18. The van der Waals surface area contributed by atoms with Crippen LogP contribution in [0.3, 0.4) is 0 Å². The van der Waals surface area contributed by atoms with Crippen LogP contribution in [0.25, 0.3) is 0 Å². The van der Waals surface area contributed by atoms with Crippen LogP contribution < -0.4 is 5.32 Å². The van der Waals surface area contributed by atoms with E-state index >= 15 is 0 Å². The molecule has 0 fully saturated rings. The lowest BCUT2D eigenvalue weighted by Crippen LogP contribution is -2.24. The SMILES string of the molecule is CC(C)SCc1cccc2c1CNCC2. The molecule has 82 valence electrons. The average Bonchev–Trinajstić information content (AvgIpc) is 2.26. The highest BCUT2D eigenvalue weighted by Crippen LogP contribution is 2.24. The van der Waals surface area contributed by atoms with E-state index in [2.05, 4.69) is 37.4 Å². The molecule has 1 aliphatic heterocycles. The van der Waals surface area contributed by atoms with Crippen LogP contribution in [0.4, 0.5) is 0 Å². The Morgan fingerprint density at radius 2 is 2.27 bits per heavy atom. The van der Waals surface area contributed by atoms with Crippen molar-refractivity contribution in [3.8, 4) is 0 Å². The van der Waals surface area contributed by atoms with E-state index in [0.717, 1.165) is 24.1 Å². The van der Waals surface area contributed by atoms with Gasteiger partial charge in [0, 0.05) is 12.3 Å². The molecular weight excluding hydrogens is 202 g/mol. The molecule has 2 heteroatoms. The summed E-state index contributed by atoms with van der Waals surface area (Å²) in [6.07, 6.45) is 1.19. The highest BCUT2D eigenvalue weighted by molar-refractivity contribution is 7.99. The Morgan fingerprint density at radius 3 is 3.07 bits per heavy atom. The number of fused-ring (bicyclic) bond motifs is 1. The summed E-state index contributed by atoms with van der Waals surface area (Å²) in [5.74, 6) is 1.16. The van der Waals surface area contributed by atoms with Gasteiger partial charge in [-0.3, -0.25) is 0 Å². The van der Waals surface area contributed by atoms with Gasteiger partial charge in [-0.25, -0.2) is 0 Å². The Kier molecular flexibility index (Phi) is 3.71. The second kappa shape index (κ2) is 5.04. The zero-order valence-corrected chi connectivity index (χ0v) is 10.4. The van der Waals surface area contributed by atoms with Gasteiger partial charge in [0.2, 0.25) is 0 Å².